The monoisotopic (exact) mass is 437 g/mol. The van der Waals surface area contributed by atoms with Gasteiger partial charge in [0.1, 0.15) is 5.76 Å². The molecule has 0 radical (unpaired) electrons. The van der Waals surface area contributed by atoms with Crippen molar-refractivity contribution in [1.29, 1.82) is 0 Å². The molecule has 0 unspecified atom stereocenters. The van der Waals surface area contributed by atoms with E-state index in [4.69, 9.17) is 9.15 Å². The largest absolute Gasteiger partial charge is 0.465 e. The first-order chi connectivity index (χ1) is 14.9. The van der Waals surface area contributed by atoms with Gasteiger partial charge >= 0.3 is 5.97 Å². The molecule has 2 aromatic heterocycles. The lowest BCUT2D eigenvalue weighted by Gasteiger charge is -2.25. The van der Waals surface area contributed by atoms with E-state index in [1.807, 2.05) is 43.3 Å². The van der Waals surface area contributed by atoms with Crippen molar-refractivity contribution in [2.45, 2.75) is 19.9 Å². The predicted molar refractivity (Wildman–Crippen MR) is 120 cm³/mol. The first kappa shape index (κ1) is 20.9. The lowest BCUT2D eigenvalue weighted by molar-refractivity contribution is -0.139. The summed E-state index contributed by atoms with van der Waals surface area (Å²) in [6, 6.07) is 10.7. The van der Waals surface area contributed by atoms with Gasteiger partial charge in [-0.2, -0.15) is 0 Å². The Bertz CT molecular complexity index is 1310. The maximum absolute atomic E-state index is 13.4. The fraction of sp³-hybridized carbons (Fsp3) is 0.261. The molecule has 8 heteroatoms. The number of fused-ring (bicyclic) bond motifs is 1. The summed E-state index contributed by atoms with van der Waals surface area (Å²) >= 11 is 1.27. The van der Waals surface area contributed by atoms with E-state index in [9.17, 15) is 9.59 Å². The second kappa shape index (κ2) is 8.39. The summed E-state index contributed by atoms with van der Waals surface area (Å²) in [6.45, 7) is 3.77. The second-order valence-electron chi connectivity index (χ2n) is 7.30. The number of esters is 1. The molecular weight excluding hydrogens is 414 g/mol. The zero-order chi connectivity index (χ0) is 22.1. The van der Waals surface area contributed by atoms with Crippen molar-refractivity contribution in [1.82, 2.24) is 4.57 Å². The Kier molecular flexibility index (Phi) is 5.65. The topological polar surface area (TPSA) is 77.0 Å². The van der Waals surface area contributed by atoms with Gasteiger partial charge in [-0.25, -0.2) is 9.79 Å². The van der Waals surface area contributed by atoms with Crippen LogP contribution in [0.3, 0.4) is 0 Å². The van der Waals surface area contributed by atoms with Crippen LogP contribution >= 0.6 is 11.3 Å². The molecular formula is C23H23N3O4S. The predicted octanol–water partition coefficient (Wildman–Crippen LogP) is 2.46. The van der Waals surface area contributed by atoms with Crippen LogP contribution in [0.5, 0.6) is 0 Å². The Labute approximate surface area is 183 Å². The van der Waals surface area contributed by atoms with Crippen molar-refractivity contribution in [2.75, 3.05) is 25.6 Å². The summed E-state index contributed by atoms with van der Waals surface area (Å²) in [7, 11) is 3.92. The van der Waals surface area contributed by atoms with Crippen LogP contribution in [0.1, 0.15) is 31.2 Å². The second-order valence-corrected chi connectivity index (χ2v) is 8.31. The summed E-state index contributed by atoms with van der Waals surface area (Å²) in [6.07, 6.45) is 3.25. The van der Waals surface area contributed by atoms with E-state index >= 15 is 0 Å². The molecule has 0 saturated heterocycles. The normalized spacial score (nSPS) is 16.1. The summed E-state index contributed by atoms with van der Waals surface area (Å²) in [5, 5.41) is 0. The van der Waals surface area contributed by atoms with Crippen LogP contribution in [-0.2, 0) is 9.53 Å². The van der Waals surface area contributed by atoms with Gasteiger partial charge in [-0.3, -0.25) is 9.36 Å². The van der Waals surface area contributed by atoms with Gasteiger partial charge < -0.3 is 14.1 Å². The molecule has 1 aromatic carbocycles. The van der Waals surface area contributed by atoms with Crippen molar-refractivity contribution in [3.8, 4) is 0 Å². The molecule has 3 heterocycles. The highest BCUT2D eigenvalue weighted by Crippen LogP contribution is 2.31. The van der Waals surface area contributed by atoms with Crippen LogP contribution in [0, 0.1) is 0 Å². The SMILES string of the molecule is CCOC(=O)C1=C(C)N=c2s/c(=C\c3ccco3)c(=O)n2[C@H]1c1ccc(N(C)C)cc1. The molecule has 1 aliphatic heterocycles. The summed E-state index contributed by atoms with van der Waals surface area (Å²) in [5.74, 6) is 0.115. The minimum absolute atomic E-state index is 0.226. The van der Waals surface area contributed by atoms with E-state index in [-0.39, 0.29) is 12.2 Å². The van der Waals surface area contributed by atoms with Crippen LogP contribution in [0.15, 0.2) is 68.1 Å². The maximum atomic E-state index is 13.4. The first-order valence-electron chi connectivity index (χ1n) is 9.91. The van der Waals surface area contributed by atoms with Gasteiger partial charge in [-0.15, -0.1) is 0 Å². The highest BCUT2D eigenvalue weighted by molar-refractivity contribution is 7.07. The Morgan fingerprint density at radius 1 is 1.29 bits per heavy atom. The first-order valence-corrected chi connectivity index (χ1v) is 10.7. The number of ether oxygens (including phenoxy) is 1. The van der Waals surface area contributed by atoms with Gasteiger partial charge in [-0.05, 0) is 43.7 Å². The van der Waals surface area contributed by atoms with E-state index in [0.29, 0.717) is 26.4 Å². The van der Waals surface area contributed by atoms with E-state index in [2.05, 4.69) is 4.99 Å². The molecule has 4 rings (SSSR count). The van der Waals surface area contributed by atoms with Crippen molar-refractivity contribution in [3.05, 3.63) is 84.9 Å². The summed E-state index contributed by atoms with van der Waals surface area (Å²) in [5.41, 5.74) is 2.53. The molecule has 0 aliphatic carbocycles. The third kappa shape index (κ3) is 3.86. The van der Waals surface area contributed by atoms with Gasteiger partial charge in [-0.1, -0.05) is 23.5 Å². The Morgan fingerprint density at radius 3 is 2.65 bits per heavy atom. The van der Waals surface area contributed by atoms with Gasteiger partial charge in [0.15, 0.2) is 4.80 Å². The zero-order valence-electron chi connectivity index (χ0n) is 17.8. The smallest absolute Gasteiger partial charge is 0.338 e. The third-order valence-corrected chi connectivity index (χ3v) is 6.04. The quantitative estimate of drug-likeness (QED) is 0.573. The third-order valence-electron chi connectivity index (χ3n) is 5.06. The number of aromatic nitrogens is 1. The van der Waals surface area contributed by atoms with Gasteiger partial charge in [0.05, 0.1) is 34.7 Å². The Balaban J connectivity index is 1.94. The molecule has 0 bridgehead atoms. The van der Waals surface area contributed by atoms with Crippen LogP contribution in [0.25, 0.3) is 6.08 Å². The van der Waals surface area contributed by atoms with E-state index in [0.717, 1.165) is 11.3 Å². The molecule has 0 spiro atoms. The van der Waals surface area contributed by atoms with Gasteiger partial charge in [0.25, 0.3) is 5.56 Å². The molecule has 1 aliphatic rings. The molecule has 3 aromatic rings. The van der Waals surface area contributed by atoms with Crippen molar-refractivity contribution < 1.29 is 13.9 Å². The zero-order valence-corrected chi connectivity index (χ0v) is 18.6. The molecule has 1 atom stereocenters. The minimum atomic E-state index is -0.620. The maximum Gasteiger partial charge on any atom is 0.338 e. The highest BCUT2D eigenvalue weighted by atomic mass is 32.1. The van der Waals surface area contributed by atoms with Gasteiger partial charge in [0, 0.05) is 25.9 Å². The van der Waals surface area contributed by atoms with E-state index < -0.39 is 12.0 Å². The van der Waals surface area contributed by atoms with E-state index in [1.165, 1.54) is 11.3 Å². The fourth-order valence-electron chi connectivity index (χ4n) is 3.56. The average Bonchev–Trinajstić information content (AvgIpc) is 3.35. The molecule has 7 nitrogen and oxygen atoms in total. The number of anilines is 1. The van der Waals surface area contributed by atoms with E-state index in [1.54, 1.807) is 42.9 Å². The molecule has 31 heavy (non-hydrogen) atoms. The lowest BCUT2D eigenvalue weighted by Crippen LogP contribution is -2.39. The lowest BCUT2D eigenvalue weighted by atomic mass is 9.95. The number of carbonyl (C=O) groups is 1. The number of allylic oxidation sites excluding steroid dienone is 1. The number of hydrogen-bond acceptors (Lipinski definition) is 7. The summed E-state index contributed by atoms with van der Waals surface area (Å²) < 4.78 is 12.7. The van der Waals surface area contributed by atoms with Crippen molar-refractivity contribution in [3.63, 3.8) is 0 Å². The molecule has 0 N–H and O–H groups in total. The number of nitrogens with zero attached hydrogens (tertiary/aromatic N) is 3. The number of rotatable bonds is 5. The Morgan fingerprint density at radius 2 is 2.03 bits per heavy atom. The van der Waals surface area contributed by atoms with Crippen LogP contribution in [0.4, 0.5) is 5.69 Å². The molecule has 0 saturated carbocycles. The van der Waals surface area contributed by atoms with Crippen molar-refractivity contribution >= 4 is 29.1 Å². The molecule has 0 amide bonds. The minimum Gasteiger partial charge on any atom is -0.465 e. The number of furan rings is 1. The molecule has 160 valence electrons. The Hall–Kier alpha value is -3.39. The fourth-order valence-corrected chi connectivity index (χ4v) is 4.59. The van der Waals surface area contributed by atoms with Gasteiger partial charge in [0.2, 0.25) is 0 Å². The number of hydrogen-bond donors (Lipinski definition) is 0. The van der Waals surface area contributed by atoms with Crippen LogP contribution < -0.4 is 19.8 Å². The molecule has 0 fully saturated rings. The number of thiazole rings is 1. The number of carbonyl (C=O) groups excluding carboxylic acids is 1. The standard InChI is InChI=1S/C23H23N3O4S/c1-5-29-22(28)19-14(2)24-23-26(20(19)15-8-10-16(11-9-15)25(3)4)21(27)18(31-23)13-17-7-6-12-30-17/h6-13,20H,5H2,1-4H3/b18-13-/t20-/m0/s1. The number of benzene rings is 1. The highest BCUT2D eigenvalue weighted by Gasteiger charge is 2.33. The average molecular weight is 438 g/mol. The van der Waals surface area contributed by atoms with Crippen LogP contribution in [0.2, 0.25) is 0 Å². The van der Waals surface area contributed by atoms with Crippen LogP contribution in [-0.4, -0.2) is 31.2 Å². The summed E-state index contributed by atoms with van der Waals surface area (Å²) in [4.78, 5) is 33.4. The van der Waals surface area contributed by atoms with Crippen molar-refractivity contribution in [2.24, 2.45) is 4.99 Å².